The number of rotatable bonds is 4. The molecule has 0 saturated carbocycles. The van der Waals surface area contributed by atoms with E-state index in [9.17, 15) is 14.3 Å². The van der Waals surface area contributed by atoms with Crippen molar-refractivity contribution in [2.75, 3.05) is 6.54 Å². The third-order valence-electron chi connectivity index (χ3n) is 3.41. The maximum atomic E-state index is 12.9. The van der Waals surface area contributed by atoms with Gasteiger partial charge in [0.1, 0.15) is 11.6 Å². The van der Waals surface area contributed by atoms with Gasteiger partial charge in [-0.25, -0.2) is 4.39 Å². The minimum Gasteiger partial charge on any atom is -0.451 e. The number of halogens is 1. The van der Waals surface area contributed by atoms with Crippen molar-refractivity contribution in [2.45, 2.75) is 26.9 Å². The molecule has 2 N–H and O–H groups in total. The van der Waals surface area contributed by atoms with Crippen LogP contribution in [0.25, 0.3) is 11.3 Å². The highest BCUT2D eigenvalue weighted by atomic mass is 19.1. The van der Waals surface area contributed by atoms with Crippen LogP contribution in [0.4, 0.5) is 4.39 Å². The number of aliphatic hydroxyl groups excluding tert-OH is 1. The lowest BCUT2D eigenvalue weighted by atomic mass is 9.89. The van der Waals surface area contributed by atoms with Crippen molar-refractivity contribution in [1.82, 2.24) is 5.32 Å². The number of benzene rings is 1. The van der Waals surface area contributed by atoms with E-state index in [1.165, 1.54) is 12.1 Å². The van der Waals surface area contributed by atoms with Crippen LogP contribution < -0.4 is 5.32 Å². The summed E-state index contributed by atoms with van der Waals surface area (Å²) in [6.45, 7) is 5.82. The minimum absolute atomic E-state index is 0.148. The van der Waals surface area contributed by atoms with Gasteiger partial charge in [0.25, 0.3) is 5.91 Å². The third-order valence-corrected chi connectivity index (χ3v) is 3.41. The summed E-state index contributed by atoms with van der Waals surface area (Å²) in [6.07, 6.45) is -0.650. The maximum absolute atomic E-state index is 12.9. The van der Waals surface area contributed by atoms with E-state index in [1.54, 1.807) is 24.3 Å². The van der Waals surface area contributed by atoms with Gasteiger partial charge in [-0.15, -0.1) is 0 Å². The Hall–Kier alpha value is -2.14. The molecule has 2 rings (SSSR count). The molecule has 0 fully saturated rings. The predicted octanol–water partition coefficient (Wildman–Crippen LogP) is 3.22. The van der Waals surface area contributed by atoms with Gasteiger partial charge in [-0.3, -0.25) is 4.79 Å². The summed E-state index contributed by atoms with van der Waals surface area (Å²) in [5.41, 5.74) is 0.380. The Morgan fingerprint density at radius 2 is 1.86 bits per heavy atom. The number of aliphatic hydroxyl groups is 1. The minimum atomic E-state index is -0.650. The molecule has 0 aliphatic carbocycles. The summed E-state index contributed by atoms with van der Waals surface area (Å²) in [7, 11) is 0. The Kier molecular flexibility index (Phi) is 4.66. The standard InChI is InChI=1S/C17H20FNO3/c1-17(2,3)15(20)10-19-16(21)14-9-8-13(22-14)11-4-6-12(18)7-5-11/h4-9,15,20H,10H2,1-3H3,(H,19,21). The smallest absolute Gasteiger partial charge is 0.287 e. The zero-order chi connectivity index (χ0) is 16.3. The van der Waals surface area contributed by atoms with Crippen molar-refractivity contribution in [3.8, 4) is 11.3 Å². The number of hydrogen-bond donors (Lipinski definition) is 2. The molecule has 1 amide bonds. The Morgan fingerprint density at radius 1 is 1.23 bits per heavy atom. The van der Waals surface area contributed by atoms with E-state index in [-0.39, 0.29) is 23.5 Å². The Balaban J connectivity index is 2.02. The first kappa shape index (κ1) is 16.2. The van der Waals surface area contributed by atoms with Gasteiger partial charge in [0.05, 0.1) is 6.10 Å². The van der Waals surface area contributed by atoms with Gasteiger partial charge in [0.15, 0.2) is 5.76 Å². The van der Waals surface area contributed by atoms with Gasteiger partial charge in [0.2, 0.25) is 0 Å². The highest BCUT2D eigenvalue weighted by Gasteiger charge is 2.23. The molecule has 22 heavy (non-hydrogen) atoms. The van der Waals surface area contributed by atoms with Gasteiger partial charge in [-0.05, 0) is 41.8 Å². The van der Waals surface area contributed by atoms with Crippen LogP contribution in [0.3, 0.4) is 0 Å². The quantitative estimate of drug-likeness (QED) is 0.911. The second-order valence-corrected chi connectivity index (χ2v) is 6.26. The van der Waals surface area contributed by atoms with E-state index in [0.29, 0.717) is 11.3 Å². The van der Waals surface area contributed by atoms with E-state index in [1.807, 2.05) is 20.8 Å². The molecule has 0 bridgehead atoms. The molecule has 0 spiro atoms. The number of carbonyl (C=O) groups is 1. The lowest BCUT2D eigenvalue weighted by Crippen LogP contribution is -2.39. The van der Waals surface area contributed by atoms with Crippen LogP contribution in [0.2, 0.25) is 0 Å². The topological polar surface area (TPSA) is 62.5 Å². The first-order valence-electron chi connectivity index (χ1n) is 7.09. The van der Waals surface area contributed by atoms with E-state index < -0.39 is 12.0 Å². The number of nitrogens with one attached hydrogen (secondary N) is 1. The largest absolute Gasteiger partial charge is 0.451 e. The molecule has 1 atom stereocenters. The van der Waals surface area contributed by atoms with Crippen LogP contribution in [0, 0.1) is 11.2 Å². The maximum Gasteiger partial charge on any atom is 0.287 e. The van der Waals surface area contributed by atoms with Crippen LogP contribution in [0.5, 0.6) is 0 Å². The summed E-state index contributed by atoms with van der Waals surface area (Å²) >= 11 is 0. The monoisotopic (exact) mass is 305 g/mol. The van der Waals surface area contributed by atoms with Crippen LogP contribution in [-0.2, 0) is 0 Å². The Morgan fingerprint density at radius 3 is 2.45 bits per heavy atom. The fraction of sp³-hybridized carbons (Fsp3) is 0.353. The average Bonchev–Trinajstić information content (AvgIpc) is 2.94. The molecule has 0 saturated heterocycles. The Labute approximate surface area is 129 Å². The second-order valence-electron chi connectivity index (χ2n) is 6.26. The van der Waals surface area contributed by atoms with E-state index in [2.05, 4.69) is 5.32 Å². The summed E-state index contributed by atoms with van der Waals surface area (Å²) in [5, 5.41) is 12.5. The zero-order valence-electron chi connectivity index (χ0n) is 12.9. The number of furan rings is 1. The fourth-order valence-electron chi connectivity index (χ4n) is 1.81. The van der Waals surface area contributed by atoms with Crippen LogP contribution in [-0.4, -0.2) is 23.7 Å². The summed E-state index contributed by atoms with van der Waals surface area (Å²) in [6, 6.07) is 9.03. The highest BCUT2D eigenvalue weighted by molar-refractivity contribution is 5.92. The molecule has 1 aromatic heterocycles. The third kappa shape index (κ3) is 3.95. The molecule has 1 unspecified atom stereocenters. The average molecular weight is 305 g/mol. The predicted molar refractivity (Wildman–Crippen MR) is 81.9 cm³/mol. The van der Waals surface area contributed by atoms with Crippen LogP contribution in [0.1, 0.15) is 31.3 Å². The molecule has 0 radical (unpaired) electrons. The number of amides is 1. The molecule has 0 aliphatic heterocycles. The van der Waals surface area contributed by atoms with Crippen molar-refractivity contribution in [3.05, 3.63) is 48.0 Å². The van der Waals surface area contributed by atoms with Gasteiger partial charge >= 0.3 is 0 Å². The molecule has 1 aromatic carbocycles. The van der Waals surface area contributed by atoms with Crippen molar-refractivity contribution in [2.24, 2.45) is 5.41 Å². The molecular weight excluding hydrogens is 285 g/mol. The number of hydrogen-bond acceptors (Lipinski definition) is 3. The lowest BCUT2D eigenvalue weighted by Gasteiger charge is -2.25. The molecule has 5 heteroatoms. The van der Waals surface area contributed by atoms with Crippen molar-refractivity contribution < 1.29 is 18.7 Å². The van der Waals surface area contributed by atoms with Crippen LogP contribution in [0.15, 0.2) is 40.8 Å². The van der Waals surface area contributed by atoms with Gasteiger partial charge in [0, 0.05) is 12.1 Å². The van der Waals surface area contributed by atoms with E-state index in [4.69, 9.17) is 4.42 Å². The van der Waals surface area contributed by atoms with Gasteiger partial charge < -0.3 is 14.8 Å². The van der Waals surface area contributed by atoms with Gasteiger partial charge in [-0.2, -0.15) is 0 Å². The van der Waals surface area contributed by atoms with E-state index >= 15 is 0 Å². The molecule has 118 valence electrons. The summed E-state index contributed by atoms with van der Waals surface area (Å²) < 4.78 is 18.4. The second kappa shape index (κ2) is 6.32. The van der Waals surface area contributed by atoms with Crippen molar-refractivity contribution >= 4 is 5.91 Å². The SMILES string of the molecule is CC(C)(C)C(O)CNC(=O)c1ccc(-c2ccc(F)cc2)o1. The van der Waals surface area contributed by atoms with Crippen molar-refractivity contribution in [1.29, 1.82) is 0 Å². The zero-order valence-corrected chi connectivity index (χ0v) is 12.9. The van der Waals surface area contributed by atoms with E-state index in [0.717, 1.165) is 0 Å². The van der Waals surface area contributed by atoms with Crippen LogP contribution >= 0.6 is 0 Å². The van der Waals surface area contributed by atoms with Gasteiger partial charge in [-0.1, -0.05) is 20.8 Å². The number of carbonyl (C=O) groups excluding carboxylic acids is 1. The summed E-state index contributed by atoms with van der Waals surface area (Å²) in [5.74, 6) is -0.0805. The normalized spacial score (nSPS) is 13.0. The lowest BCUT2D eigenvalue weighted by molar-refractivity contribution is 0.0579. The summed E-state index contributed by atoms with van der Waals surface area (Å²) in [4.78, 5) is 12.0. The van der Waals surface area contributed by atoms with Crippen molar-refractivity contribution in [3.63, 3.8) is 0 Å². The molecule has 2 aromatic rings. The fourth-order valence-corrected chi connectivity index (χ4v) is 1.81. The molecular formula is C17H20FNO3. The highest BCUT2D eigenvalue weighted by Crippen LogP contribution is 2.22. The molecule has 0 aliphatic rings. The molecule has 4 nitrogen and oxygen atoms in total. The first-order valence-corrected chi connectivity index (χ1v) is 7.09. The first-order chi connectivity index (χ1) is 10.3. The molecule has 1 heterocycles. The Bertz CT molecular complexity index is 641.